The lowest BCUT2D eigenvalue weighted by atomic mass is 10.1. The van der Waals surface area contributed by atoms with E-state index < -0.39 is 28.2 Å². The molecule has 1 unspecified atom stereocenters. The Balaban J connectivity index is 0.00000338. The van der Waals surface area contributed by atoms with Crippen LogP contribution >= 0.6 is 12.4 Å². The summed E-state index contributed by atoms with van der Waals surface area (Å²) in [5, 5.41) is 0. The van der Waals surface area contributed by atoms with Crippen molar-refractivity contribution in [3.05, 3.63) is 59.4 Å². The largest absolute Gasteiger partial charge is 0.432 e. The van der Waals surface area contributed by atoms with Crippen LogP contribution < -0.4 is 15.2 Å². The SMILES string of the molecule is CC(N)c1ccc(CNS(=O)(=O)c2ccc(OC(F)F)c(F)c2)cc1.Cl. The van der Waals surface area contributed by atoms with Gasteiger partial charge in [0.05, 0.1) is 4.90 Å². The maximum atomic E-state index is 13.7. The van der Waals surface area contributed by atoms with Crippen molar-refractivity contribution in [1.82, 2.24) is 4.72 Å². The number of halogens is 4. The number of hydrogen-bond donors (Lipinski definition) is 2. The minimum absolute atomic E-state index is 0. The van der Waals surface area contributed by atoms with Gasteiger partial charge < -0.3 is 10.5 Å². The van der Waals surface area contributed by atoms with Crippen molar-refractivity contribution in [3.8, 4) is 5.75 Å². The lowest BCUT2D eigenvalue weighted by molar-refractivity contribution is -0.0522. The molecule has 0 heterocycles. The van der Waals surface area contributed by atoms with Gasteiger partial charge in [0, 0.05) is 12.6 Å². The highest BCUT2D eigenvalue weighted by molar-refractivity contribution is 7.89. The van der Waals surface area contributed by atoms with Crippen LogP contribution in [0.15, 0.2) is 47.4 Å². The fourth-order valence-corrected chi connectivity index (χ4v) is 3.07. The van der Waals surface area contributed by atoms with Gasteiger partial charge in [0.1, 0.15) is 0 Å². The van der Waals surface area contributed by atoms with E-state index in [4.69, 9.17) is 5.73 Å². The first-order chi connectivity index (χ1) is 11.7. The van der Waals surface area contributed by atoms with Crippen molar-refractivity contribution >= 4 is 22.4 Å². The van der Waals surface area contributed by atoms with Gasteiger partial charge in [-0.3, -0.25) is 0 Å². The van der Waals surface area contributed by atoms with E-state index >= 15 is 0 Å². The van der Waals surface area contributed by atoms with E-state index in [0.29, 0.717) is 11.6 Å². The van der Waals surface area contributed by atoms with Crippen LogP contribution in [0.5, 0.6) is 5.75 Å². The number of nitrogens with one attached hydrogen (secondary N) is 1. The Kier molecular flexibility index (Phi) is 7.88. The lowest BCUT2D eigenvalue weighted by Crippen LogP contribution is -2.23. The summed E-state index contributed by atoms with van der Waals surface area (Å²) in [5.41, 5.74) is 7.33. The molecular weight excluding hydrogens is 393 g/mol. The number of benzene rings is 2. The third-order valence-corrected chi connectivity index (χ3v) is 4.80. The van der Waals surface area contributed by atoms with Crippen molar-refractivity contribution in [1.29, 1.82) is 0 Å². The first-order valence-electron chi connectivity index (χ1n) is 7.27. The molecule has 0 amide bonds. The van der Waals surface area contributed by atoms with Crippen LogP contribution in [0.3, 0.4) is 0 Å². The predicted molar refractivity (Wildman–Crippen MR) is 93.3 cm³/mol. The highest BCUT2D eigenvalue weighted by Crippen LogP contribution is 2.22. The van der Waals surface area contributed by atoms with E-state index in [2.05, 4.69) is 9.46 Å². The van der Waals surface area contributed by atoms with Crippen molar-refractivity contribution < 1.29 is 26.3 Å². The summed E-state index contributed by atoms with van der Waals surface area (Å²) in [6, 6.07) is 9.33. The van der Waals surface area contributed by atoms with Crippen LogP contribution in [0.4, 0.5) is 13.2 Å². The zero-order valence-corrected chi connectivity index (χ0v) is 15.3. The summed E-state index contributed by atoms with van der Waals surface area (Å²) in [7, 11) is -4.01. The summed E-state index contributed by atoms with van der Waals surface area (Å²) in [5.74, 6) is -1.91. The molecule has 2 rings (SSSR count). The number of sulfonamides is 1. The normalized spacial score (nSPS) is 12.5. The van der Waals surface area contributed by atoms with E-state index in [-0.39, 0.29) is 29.9 Å². The van der Waals surface area contributed by atoms with Crippen molar-refractivity contribution in [2.45, 2.75) is 31.0 Å². The molecule has 0 saturated carbocycles. The monoisotopic (exact) mass is 410 g/mol. The first-order valence-corrected chi connectivity index (χ1v) is 8.76. The number of nitrogens with two attached hydrogens (primary N) is 1. The van der Waals surface area contributed by atoms with Gasteiger partial charge in [-0.25, -0.2) is 17.5 Å². The molecule has 0 spiro atoms. The highest BCUT2D eigenvalue weighted by atomic mass is 35.5. The molecule has 26 heavy (non-hydrogen) atoms. The summed E-state index contributed by atoms with van der Waals surface area (Å²) in [4.78, 5) is -0.390. The van der Waals surface area contributed by atoms with Crippen molar-refractivity contribution in [3.63, 3.8) is 0 Å². The van der Waals surface area contributed by atoms with Crippen molar-refractivity contribution in [2.24, 2.45) is 5.73 Å². The fourth-order valence-electron chi connectivity index (χ4n) is 2.04. The molecule has 2 aromatic carbocycles. The number of ether oxygens (including phenoxy) is 1. The molecule has 0 radical (unpaired) electrons. The van der Waals surface area contributed by atoms with Crippen LogP contribution in [0, 0.1) is 5.82 Å². The van der Waals surface area contributed by atoms with Crippen LogP contribution in [0.25, 0.3) is 0 Å². The van der Waals surface area contributed by atoms with Gasteiger partial charge in [0.25, 0.3) is 0 Å². The van der Waals surface area contributed by atoms with E-state index in [0.717, 1.165) is 17.7 Å². The zero-order valence-electron chi connectivity index (χ0n) is 13.7. The average molecular weight is 411 g/mol. The Hall–Kier alpha value is -1.81. The van der Waals surface area contributed by atoms with E-state index in [9.17, 15) is 21.6 Å². The summed E-state index contributed by atoms with van der Waals surface area (Å²) in [6.07, 6.45) is 0. The molecule has 0 aliphatic heterocycles. The molecule has 3 N–H and O–H groups in total. The Morgan fingerprint density at radius 1 is 1.15 bits per heavy atom. The van der Waals surface area contributed by atoms with Gasteiger partial charge in [-0.1, -0.05) is 24.3 Å². The minimum Gasteiger partial charge on any atom is -0.432 e. The minimum atomic E-state index is -4.01. The maximum absolute atomic E-state index is 13.7. The number of alkyl halides is 2. The first kappa shape index (κ1) is 22.2. The van der Waals surface area contributed by atoms with Gasteiger partial charge in [0.15, 0.2) is 11.6 Å². The Labute approximate surface area is 155 Å². The quantitative estimate of drug-likeness (QED) is 0.733. The Morgan fingerprint density at radius 2 is 1.77 bits per heavy atom. The molecule has 0 bridgehead atoms. The third-order valence-electron chi connectivity index (χ3n) is 3.40. The van der Waals surface area contributed by atoms with E-state index in [1.807, 2.05) is 6.92 Å². The summed E-state index contributed by atoms with van der Waals surface area (Å²) < 4.78 is 68.5. The Bertz CT molecular complexity index is 831. The van der Waals surface area contributed by atoms with Gasteiger partial charge in [-0.15, -0.1) is 12.4 Å². The van der Waals surface area contributed by atoms with Gasteiger partial charge >= 0.3 is 6.61 Å². The van der Waals surface area contributed by atoms with Crippen LogP contribution in [0.1, 0.15) is 24.1 Å². The molecule has 5 nitrogen and oxygen atoms in total. The second-order valence-corrected chi connectivity index (χ2v) is 7.09. The van der Waals surface area contributed by atoms with Crippen LogP contribution in [-0.4, -0.2) is 15.0 Å². The zero-order chi connectivity index (χ0) is 18.6. The molecule has 0 saturated heterocycles. The van der Waals surface area contributed by atoms with Gasteiger partial charge in [0.2, 0.25) is 10.0 Å². The predicted octanol–water partition coefficient (Wildman–Crippen LogP) is 3.35. The average Bonchev–Trinajstić information content (AvgIpc) is 2.55. The number of rotatable bonds is 7. The molecule has 0 fully saturated rings. The molecule has 2 aromatic rings. The second kappa shape index (κ2) is 9.22. The third kappa shape index (κ3) is 5.87. The highest BCUT2D eigenvalue weighted by Gasteiger charge is 2.18. The van der Waals surface area contributed by atoms with E-state index in [1.165, 1.54) is 0 Å². The molecular formula is C16H18ClF3N2O3S. The van der Waals surface area contributed by atoms with Crippen LogP contribution in [0.2, 0.25) is 0 Å². The lowest BCUT2D eigenvalue weighted by Gasteiger charge is -2.10. The second-order valence-electron chi connectivity index (χ2n) is 5.33. The van der Waals surface area contributed by atoms with Crippen LogP contribution in [-0.2, 0) is 16.6 Å². The molecule has 0 aromatic heterocycles. The molecule has 0 aliphatic carbocycles. The molecule has 1 atom stereocenters. The number of hydrogen-bond acceptors (Lipinski definition) is 4. The maximum Gasteiger partial charge on any atom is 0.387 e. The molecule has 0 aliphatic rings. The smallest absolute Gasteiger partial charge is 0.387 e. The fraction of sp³-hybridized carbons (Fsp3) is 0.250. The summed E-state index contributed by atoms with van der Waals surface area (Å²) in [6.45, 7) is -1.39. The molecule has 10 heteroatoms. The molecule has 144 valence electrons. The summed E-state index contributed by atoms with van der Waals surface area (Å²) >= 11 is 0. The topological polar surface area (TPSA) is 81.4 Å². The van der Waals surface area contributed by atoms with Gasteiger partial charge in [-0.05, 0) is 36.2 Å². The standard InChI is InChI=1S/C16H17F3N2O3S.ClH/c1-10(20)12-4-2-11(3-5-12)9-21-25(22,23)13-6-7-15(14(17)8-13)24-16(18)19;/h2-8,10,16,21H,9,20H2,1H3;1H. The van der Waals surface area contributed by atoms with E-state index in [1.54, 1.807) is 24.3 Å². The Morgan fingerprint density at radius 3 is 2.27 bits per heavy atom. The van der Waals surface area contributed by atoms with Crippen molar-refractivity contribution in [2.75, 3.05) is 0 Å². The van der Waals surface area contributed by atoms with Gasteiger partial charge in [-0.2, -0.15) is 8.78 Å².